The molecule has 0 aliphatic carbocycles. The molecule has 1 saturated heterocycles. The number of nitrogens with one attached hydrogen (secondary N) is 1. The van der Waals surface area contributed by atoms with Gasteiger partial charge in [-0.05, 0) is 43.1 Å². The highest BCUT2D eigenvalue weighted by molar-refractivity contribution is 5.29. The van der Waals surface area contributed by atoms with Gasteiger partial charge in [0.05, 0.1) is 0 Å². The molecule has 0 bridgehead atoms. The van der Waals surface area contributed by atoms with E-state index in [1.807, 2.05) is 13.0 Å². The molecule has 0 spiro atoms. The average Bonchev–Trinajstić information content (AvgIpc) is 2.52. The Bertz CT molecular complexity index is 325. The standard InChI is InChI=1S/C11H14FNO/c1-8-4-9(6-10(12)5-8)11(14)2-3-13-7-11/h4-6,13-14H,2-3,7H2,1H3. The van der Waals surface area contributed by atoms with Gasteiger partial charge in [-0.3, -0.25) is 0 Å². The molecule has 0 aromatic heterocycles. The molecular weight excluding hydrogens is 181 g/mol. The van der Waals surface area contributed by atoms with Crippen LogP contribution in [0.2, 0.25) is 0 Å². The van der Waals surface area contributed by atoms with Crippen LogP contribution < -0.4 is 5.32 Å². The third-order valence-electron chi connectivity index (χ3n) is 2.71. The first kappa shape index (κ1) is 9.62. The van der Waals surface area contributed by atoms with Crippen molar-refractivity contribution >= 4 is 0 Å². The van der Waals surface area contributed by atoms with E-state index in [9.17, 15) is 9.50 Å². The molecule has 1 aromatic rings. The monoisotopic (exact) mass is 195 g/mol. The van der Waals surface area contributed by atoms with Crippen LogP contribution in [0.25, 0.3) is 0 Å². The summed E-state index contributed by atoms with van der Waals surface area (Å²) in [5.74, 6) is -0.277. The first-order valence-electron chi connectivity index (χ1n) is 4.81. The molecule has 1 aliphatic heterocycles. The van der Waals surface area contributed by atoms with Gasteiger partial charge in [0.2, 0.25) is 0 Å². The predicted octanol–water partition coefficient (Wildman–Crippen LogP) is 1.32. The zero-order valence-electron chi connectivity index (χ0n) is 8.18. The summed E-state index contributed by atoms with van der Waals surface area (Å²) >= 11 is 0. The van der Waals surface area contributed by atoms with Crippen LogP contribution in [0.15, 0.2) is 18.2 Å². The van der Waals surface area contributed by atoms with Crippen LogP contribution in [0.1, 0.15) is 17.5 Å². The summed E-state index contributed by atoms with van der Waals surface area (Å²) < 4.78 is 13.1. The summed E-state index contributed by atoms with van der Waals surface area (Å²) in [6, 6.07) is 4.73. The zero-order chi connectivity index (χ0) is 10.2. The van der Waals surface area contributed by atoms with Crippen LogP contribution in [-0.2, 0) is 5.60 Å². The van der Waals surface area contributed by atoms with E-state index in [0.29, 0.717) is 18.5 Å². The van der Waals surface area contributed by atoms with E-state index in [4.69, 9.17) is 0 Å². The highest BCUT2D eigenvalue weighted by Gasteiger charge is 2.33. The Morgan fingerprint density at radius 2 is 2.21 bits per heavy atom. The molecule has 2 nitrogen and oxygen atoms in total. The molecule has 1 atom stereocenters. The van der Waals surface area contributed by atoms with E-state index >= 15 is 0 Å². The molecule has 14 heavy (non-hydrogen) atoms. The minimum atomic E-state index is -0.882. The fourth-order valence-electron chi connectivity index (χ4n) is 1.93. The van der Waals surface area contributed by atoms with E-state index in [1.54, 1.807) is 0 Å². The van der Waals surface area contributed by atoms with Crippen LogP contribution in [0, 0.1) is 12.7 Å². The maximum absolute atomic E-state index is 13.1. The lowest BCUT2D eigenvalue weighted by atomic mass is 9.92. The molecule has 2 rings (SSSR count). The molecule has 1 fully saturated rings. The summed E-state index contributed by atoms with van der Waals surface area (Å²) in [5.41, 5.74) is 0.646. The number of aryl methyl sites for hydroxylation is 1. The van der Waals surface area contributed by atoms with Gasteiger partial charge in [0.1, 0.15) is 11.4 Å². The topological polar surface area (TPSA) is 32.3 Å². The molecule has 0 saturated carbocycles. The molecule has 1 aliphatic rings. The highest BCUT2D eigenvalue weighted by atomic mass is 19.1. The van der Waals surface area contributed by atoms with Crippen molar-refractivity contribution in [1.82, 2.24) is 5.32 Å². The Hall–Kier alpha value is -0.930. The van der Waals surface area contributed by atoms with Gasteiger partial charge in [-0.2, -0.15) is 0 Å². The average molecular weight is 195 g/mol. The number of aliphatic hydroxyl groups is 1. The van der Waals surface area contributed by atoms with Gasteiger partial charge in [-0.15, -0.1) is 0 Å². The van der Waals surface area contributed by atoms with Crippen molar-refractivity contribution in [2.24, 2.45) is 0 Å². The fraction of sp³-hybridized carbons (Fsp3) is 0.455. The van der Waals surface area contributed by atoms with Crippen molar-refractivity contribution in [2.45, 2.75) is 18.9 Å². The summed E-state index contributed by atoms with van der Waals surface area (Å²) in [5, 5.41) is 13.3. The second-order valence-electron chi connectivity index (χ2n) is 3.98. The second kappa shape index (κ2) is 3.33. The fourth-order valence-corrected chi connectivity index (χ4v) is 1.93. The van der Waals surface area contributed by atoms with Crippen molar-refractivity contribution in [3.8, 4) is 0 Å². The first-order valence-corrected chi connectivity index (χ1v) is 4.81. The van der Waals surface area contributed by atoms with Crippen molar-refractivity contribution < 1.29 is 9.50 Å². The molecule has 2 N–H and O–H groups in total. The van der Waals surface area contributed by atoms with E-state index in [2.05, 4.69) is 5.32 Å². The SMILES string of the molecule is Cc1cc(F)cc(C2(O)CCNC2)c1. The maximum Gasteiger partial charge on any atom is 0.123 e. The zero-order valence-corrected chi connectivity index (χ0v) is 8.18. The van der Waals surface area contributed by atoms with Gasteiger partial charge in [-0.25, -0.2) is 4.39 Å². The van der Waals surface area contributed by atoms with Gasteiger partial charge in [0, 0.05) is 6.54 Å². The van der Waals surface area contributed by atoms with Gasteiger partial charge in [0.25, 0.3) is 0 Å². The van der Waals surface area contributed by atoms with E-state index in [0.717, 1.165) is 12.1 Å². The van der Waals surface area contributed by atoms with Crippen LogP contribution in [0.4, 0.5) is 4.39 Å². The lowest BCUT2D eigenvalue weighted by molar-refractivity contribution is 0.0583. The van der Waals surface area contributed by atoms with Crippen LogP contribution in [0.3, 0.4) is 0 Å². The van der Waals surface area contributed by atoms with Crippen molar-refractivity contribution in [1.29, 1.82) is 0 Å². The molecule has 1 heterocycles. The minimum absolute atomic E-state index is 0.277. The minimum Gasteiger partial charge on any atom is -0.384 e. The Kier molecular flexibility index (Phi) is 2.29. The van der Waals surface area contributed by atoms with E-state index in [-0.39, 0.29) is 5.82 Å². The third kappa shape index (κ3) is 1.65. The number of benzene rings is 1. The summed E-state index contributed by atoms with van der Waals surface area (Å²) in [7, 11) is 0. The Labute approximate surface area is 82.8 Å². The number of β-amino-alcohol motifs (C(OH)–C–C–N with tert-alkyl or cyclic N) is 1. The van der Waals surface area contributed by atoms with Crippen LogP contribution in [0.5, 0.6) is 0 Å². The molecule has 76 valence electrons. The van der Waals surface area contributed by atoms with Gasteiger partial charge >= 0.3 is 0 Å². The smallest absolute Gasteiger partial charge is 0.123 e. The molecule has 0 radical (unpaired) electrons. The summed E-state index contributed by atoms with van der Waals surface area (Å²) in [6.07, 6.45) is 0.649. The lowest BCUT2D eigenvalue weighted by Crippen LogP contribution is -2.28. The molecule has 0 amide bonds. The number of hydrogen-bond donors (Lipinski definition) is 2. The molecule has 1 aromatic carbocycles. The molecule has 1 unspecified atom stereocenters. The Morgan fingerprint density at radius 1 is 1.43 bits per heavy atom. The molecular formula is C11H14FNO. The lowest BCUT2D eigenvalue weighted by Gasteiger charge is -2.22. The summed E-state index contributed by atoms with van der Waals surface area (Å²) in [6.45, 7) is 3.13. The quantitative estimate of drug-likeness (QED) is 0.708. The second-order valence-corrected chi connectivity index (χ2v) is 3.98. The van der Waals surface area contributed by atoms with Gasteiger partial charge < -0.3 is 10.4 Å². The van der Waals surface area contributed by atoms with Gasteiger partial charge in [-0.1, -0.05) is 6.07 Å². The molecule has 3 heteroatoms. The summed E-state index contributed by atoms with van der Waals surface area (Å²) in [4.78, 5) is 0. The predicted molar refractivity (Wildman–Crippen MR) is 52.5 cm³/mol. The number of hydrogen-bond acceptors (Lipinski definition) is 2. The maximum atomic E-state index is 13.1. The normalized spacial score (nSPS) is 26.8. The van der Waals surface area contributed by atoms with E-state index in [1.165, 1.54) is 12.1 Å². The van der Waals surface area contributed by atoms with Gasteiger partial charge in [0.15, 0.2) is 0 Å². The third-order valence-corrected chi connectivity index (χ3v) is 2.71. The van der Waals surface area contributed by atoms with Crippen LogP contribution >= 0.6 is 0 Å². The van der Waals surface area contributed by atoms with Crippen molar-refractivity contribution in [3.05, 3.63) is 35.1 Å². The van der Waals surface area contributed by atoms with E-state index < -0.39 is 5.60 Å². The Balaban J connectivity index is 2.40. The number of halogens is 1. The van der Waals surface area contributed by atoms with Crippen molar-refractivity contribution in [3.63, 3.8) is 0 Å². The Morgan fingerprint density at radius 3 is 2.79 bits per heavy atom. The van der Waals surface area contributed by atoms with Crippen molar-refractivity contribution in [2.75, 3.05) is 13.1 Å². The number of rotatable bonds is 1. The highest BCUT2D eigenvalue weighted by Crippen LogP contribution is 2.28. The first-order chi connectivity index (χ1) is 6.60. The largest absolute Gasteiger partial charge is 0.384 e. The van der Waals surface area contributed by atoms with Crippen LogP contribution in [-0.4, -0.2) is 18.2 Å².